The zero-order valence-corrected chi connectivity index (χ0v) is 10.4. The average Bonchev–Trinajstić information content (AvgIpc) is 2.19. The fraction of sp³-hybridized carbons (Fsp3) is 1.00. The molecule has 0 radical (unpaired) electrons. The maximum absolute atomic E-state index is 8.91. The Kier molecular flexibility index (Phi) is 6.26. The van der Waals surface area contributed by atoms with Gasteiger partial charge in [0.1, 0.15) is 0 Å². The molecule has 0 bridgehead atoms. The topological polar surface area (TPSA) is 23.5 Å². The van der Waals surface area contributed by atoms with Crippen LogP contribution in [0.3, 0.4) is 0 Å². The van der Waals surface area contributed by atoms with Gasteiger partial charge in [0.15, 0.2) is 0 Å². The molecule has 0 aromatic rings. The van der Waals surface area contributed by atoms with E-state index in [2.05, 4.69) is 18.7 Å². The summed E-state index contributed by atoms with van der Waals surface area (Å²) < 4.78 is 0. The van der Waals surface area contributed by atoms with Crippen LogP contribution in [0.25, 0.3) is 0 Å². The van der Waals surface area contributed by atoms with E-state index in [4.69, 9.17) is 5.11 Å². The van der Waals surface area contributed by atoms with Gasteiger partial charge < -0.3 is 10.0 Å². The molecule has 0 saturated heterocycles. The third-order valence-electron chi connectivity index (χ3n) is 3.84. The van der Waals surface area contributed by atoms with Gasteiger partial charge in [-0.1, -0.05) is 33.1 Å². The molecule has 1 N–H and O–H groups in total. The zero-order valence-electron chi connectivity index (χ0n) is 10.4. The van der Waals surface area contributed by atoms with E-state index in [0.29, 0.717) is 6.61 Å². The second-order valence-electron chi connectivity index (χ2n) is 4.84. The molecule has 0 aliphatic heterocycles. The lowest BCUT2D eigenvalue weighted by molar-refractivity contribution is 0.0963. The molecule has 0 atom stereocenters. The number of aliphatic hydroxyl groups excluding tert-OH is 1. The van der Waals surface area contributed by atoms with Crippen LogP contribution in [-0.2, 0) is 0 Å². The number of rotatable bonds is 8. The lowest BCUT2D eigenvalue weighted by Crippen LogP contribution is -2.43. The summed E-state index contributed by atoms with van der Waals surface area (Å²) in [6.45, 7) is 7.26. The van der Waals surface area contributed by atoms with Gasteiger partial charge in [0, 0.05) is 25.7 Å². The summed E-state index contributed by atoms with van der Waals surface area (Å²) in [5.41, 5.74) is 0. The smallest absolute Gasteiger partial charge is 0.0443 e. The summed E-state index contributed by atoms with van der Waals surface area (Å²) in [5.74, 6) is 0.851. The highest BCUT2D eigenvalue weighted by atomic mass is 16.3. The molecule has 2 heteroatoms. The lowest BCUT2D eigenvalue weighted by Gasteiger charge is -2.39. The van der Waals surface area contributed by atoms with Crippen LogP contribution in [0.15, 0.2) is 0 Å². The Labute approximate surface area is 94.7 Å². The van der Waals surface area contributed by atoms with Gasteiger partial charge >= 0.3 is 0 Å². The lowest BCUT2D eigenvalue weighted by atomic mass is 9.90. The van der Waals surface area contributed by atoms with Gasteiger partial charge in [0.25, 0.3) is 0 Å². The molecule has 2 nitrogen and oxygen atoms in total. The summed E-state index contributed by atoms with van der Waals surface area (Å²) in [5, 5.41) is 8.91. The fourth-order valence-corrected chi connectivity index (χ4v) is 2.33. The van der Waals surface area contributed by atoms with Crippen LogP contribution in [-0.4, -0.2) is 35.7 Å². The summed E-state index contributed by atoms with van der Waals surface area (Å²) in [7, 11) is 0. The van der Waals surface area contributed by atoms with Gasteiger partial charge in [0.2, 0.25) is 0 Å². The molecule has 1 aliphatic rings. The maximum atomic E-state index is 8.91. The molecular weight excluding hydrogens is 186 g/mol. The van der Waals surface area contributed by atoms with E-state index in [1.54, 1.807) is 0 Å². The fourth-order valence-electron chi connectivity index (χ4n) is 2.33. The molecule has 1 rings (SSSR count). The van der Waals surface area contributed by atoms with Crippen LogP contribution in [0.2, 0.25) is 0 Å². The quantitative estimate of drug-likeness (QED) is 0.670. The largest absolute Gasteiger partial charge is 0.396 e. The first-order chi connectivity index (χ1) is 7.31. The van der Waals surface area contributed by atoms with E-state index in [1.165, 1.54) is 38.6 Å². The van der Waals surface area contributed by atoms with Crippen molar-refractivity contribution in [2.24, 2.45) is 5.92 Å². The van der Waals surface area contributed by atoms with Gasteiger partial charge in [-0.05, 0) is 25.2 Å². The molecule has 0 aromatic heterocycles. The molecule has 0 aromatic carbocycles. The van der Waals surface area contributed by atoms with Gasteiger partial charge in [-0.15, -0.1) is 0 Å². The molecule has 0 heterocycles. The minimum atomic E-state index is 0.339. The minimum absolute atomic E-state index is 0.339. The minimum Gasteiger partial charge on any atom is -0.396 e. The van der Waals surface area contributed by atoms with Crippen LogP contribution in [0.4, 0.5) is 0 Å². The predicted octanol–water partition coefficient (Wildman–Crippen LogP) is 2.66. The zero-order chi connectivity index (χ0) is 11.1. The molecule has 1 saturated carbocycles. The van der Waals surface area contributed by atoms with E-state index >= 15 is 0 Å². The molecule has 1 fully saturated rings. The van der Waals surface area contributed by atoms with Crippen molar-refractivity contribution in [3.63, 3.8) is 0 Å². The van der Waals surface area contributed by atoms with Crippen LogP contribution in [0.1, 0.15) is 52.4 Å². The van der Waals surface area contributed by atoms with Crippen molar-refractivity contribution in [1.82, 2.24) is 4.90 Å². The molecule has 1 aliphatic carbocycles. The number of aliphatic hydroxyl groups is 1. The van der Waals surface area contributed by atoms with Crippen molar-refractivity contribution in [2.45, 2.75) is 58.4 Å². The molecular formula is C13H27NO. The van der Waals surface area contributed by atoms with Gasteiger partial charge in [-0.2, -0.15) is 0 Å². The van der Waals surface area contributed by atoms with E-state index in [9.17, 15) is 0 Å². The third-order valence-corrected chi connectivity index (χ3v) is 3.84. The third kappa shape index (κ3) is 4.12. The first-order valence-electron chi connectivity index (χ1n) is 6.66. The Morgan fingerprint density at radius 2 is 1.93 bits per heavy atom. The van der Waals surface area contributed by atoms with E-state index in [0.717, 1.165) is 24.9 Å². The summed E-state index contributed by atoms with van der Waals surface area (Å²) in [6.07, 6.45) is 7.69. The Bertz CT molecular complexity index is 153. The predicted molar refractivity (Wildman–Crippen MR) is 65.0 cm³/mol. The van der Waals surface area contributed by atoms with E-state index in [1.807, 2.05) is 0 Å². The van der Waals surface area contributed by atoms with Crippen molar-refractivity contribution in [2.75, 3.05) is 19.7 Å². The first-order valence-corrected chi connectivity index (χ1v) is 6.66. The first kappa shape index (κ1) is 13.0. The molecule has 0 amide bonds. The number of nitrogens with zero attached hydrogens (tertiary/aromatic N) is 1. The van der Waals surface area contributed by atoms with Crippen molar-refractivity contribution in [3.8, 4) is 0 Å². The molecule has 0 unspecified atom stereocenters. The number of hydrogen-bond acceptors (Lipinski definition) is 2. The SMILES string of the molecule is CCC(CC)CN(CCCO)C1CCC1. The highest BCUT2D eigenvalue weighted by molar-refractivity contribution is 4.81. The summed E-state index contributed by atoms with van der Waals surface area (Å²) >= 11 is 0. The Balaban J connectivity index is 2.32. The molecule has 90 valence electrons. The molecule has 0 spiro atoms. The standard InChI is InChI=1S/C13H27NO/c1-3-12(4-2)11-14(9-6-10-15)13-7-5-8-13/h12-13,15H,3-11H2,1-2H3. The van der Waals surface area contributed by atoms with Gasteiger partial charge in [-0.25, -0.2) is 0 Å². The van der Waals surface area contributed by atoms with Crippen molar-refractivity contribution < 1.29 is 5.11 Å². The second-order valence-corrected chi connectivity index (χ2v) is 4.84. The normalized spacial score (nSPS) is 17.4. The maximum Gasteiger partial charge on any atom is 0.0443 e. The van der Waals surface area contributed by atoms with Crippen molar-refractivity contribution in [1.29, 1.82) is 0 Å². The highest BCUT2D eigenvalue weighted by Crippen LogP contribution is 2.26. The highest BCUT2D eigenvalue weighted by Gasteiger charge is 2.25. The van der Waals surface area contributed by atoms with Gasteiger partial charge in [-0.3, -0.25) is 0 Å². The van der Waals surface area contributed by atoms with E-state index < -0.39 is 0 Å². The van der Waals surface area contributed by atoms with Crippen LogP contribution < -0.4 is 0 Å². The Morgan fingerprint density at radius 3 is 2.33 bits per heavy atom. The number of hydrogen-bond donors (Lipinski definition) is 1. The Hall–Kier alpha value is -0.0800. The van der Waals surface area contributed by atoms with Crippen LogP contribution >= 0.6 is 0 Å². The Morgan fingerprint density at radius 1 is 1.27 bits per heavy atom. The van der Waals surface area contributed by atoms with Gasteiger partial charge in [0.05, 0.1) is 0 Å². The average molecular weight is 213 g/mol. The van der Waals surface area contributed by atoms with Crippen LogP contribution in [0.5, 0.6) is 0 Å². The van der Waals surface area contributed by atoms with Crippen molar-refractivity contribution >= 4 is 0 Å². The summed E-state index contributed by atoms with van der Waals surface area (Å²) in [6, 6.07) is 0.831. The second kappa shape index (κ2) is 7.24. The van der Waals surface area contributed by atoms with Crippen LogP contribution in [0, 0.1) is 5.92 Å². The van der Waals surface area contributed by atoms with E-state index in [-0.39, 0.29) is 0 Å². The van der Waals surface area contributed by atoms with Crippen molar-refractivity contribution in [3.05, 3.63) is 0 Å². The summed E-state index contributed by atoms with van der Waals surface area (Å²) in [4.78, 5) is 2.62. The molecule has 15 heavy (non-hydrogen) atoms. The monoisotopic (exact) mass is 213 g/mol.